The van der Waals surface area contributed by atoms with Crippen molar-refractivity contribution in [2.75, 3.05) is 6.61 Å². The molecule has 0 aliphatic heterocycles. The molecule has 1 atom stereocenters. The SMILES string of the molecule is CCOC(=O)[C@H](C)C(C)=O. The third kappa shape index (κ3) is 2.62. The van der Waals surface area contributed by atoms with E-state index in [0.717, 1.165) is 0 Å². The van der Waals surface area contributed by atoms with E-state index >= 15 is 0 Å². The largest absolute Gasteiger partial charge is 0.465 e. The molecule has 0 spiro atoms. The van der Waals surface area contributed by atoms with Crippen LogP contribution in [0.4, 0.5) is 0 Å². The Hall–Kier alpha value is -0.860. The number of hydrogen-bond acceptors (Lipinski definition) is 3. The zero-order valence-electron chi connectivity index (χ0n) is 6.51. The lowest BCUT2D eigenvalue weighted by Gasteiger charge is -2.04. The molecule has 0 rings (SSSR count). The van der Waals surface area contributed by atoms with E-state index in [-0.39, 0.29) is 5.78 Å². The van der Waals surface area contributed by atoms with Gasteiger partial charge in [0.25, 0.3) is 0 Å². The van der Waals surface area contributed by atoms with Crippen molar-refractivity contribution in [3.05, 3.63) is 0 Å². The fourth-order valence-electron chi connectivity index (χ4n) is 0.433. The van der Waals surface area contributed by atoms with Crippen molar-refractivity contribution in [3.8, 4) is 0 Å². The van der Waals surface area contributed by atoms with E-state index in [4.69, 9.17) is 0 Å². The Kier molecular flexibility index (Phi) is 3.69. The van der Waals surface area contributed by atoms with Crippen LogP contribution in [0.1, 0.15) is 20.8 Å². The maximum Gasteiger partial charge on any atom is 0.316 e. The summed E-state index contributed by atoms with van der Waals surface area (Å²) in [6.07, 6.45) is 0. The number of carbonyl (C=O) groups is 2. The molecule has 0 heterocycles. The molecular weight excluding hydrogens is 132 g/mol. The lowest BCUT2D eigenvalue weighted by Crippen LogP contribution is -2.20. The molecule has 0 bridgehead atoms. The molecule has 0 aromatic rings. The summed E-state index contributed by atoms with van der Waals surface area (Å²) in [6.45, 7) is 4.96. The topological polar surface area (TPSA) is 43.4 Å². The number of hydrogen-bond donors (Lipinski definition) is 0. The number of ketones is 1. The van der Waals surface area contributed by atoms with Gasteiger partial charge in [-0.3, -0.25) is 9.59 Å². The summed E-state index contributed by atoms with van der Waals surface area (Å²) < 4.78 is 4.61. The van der Waals surface area contributed by atoms with Crippen molar-refractivity contribution in [2.24, 2.45) is 5.92 Å². The molecule has 58 valence electrons. The minimum atomic E-state index is -0.611. The zero-order chi connectivity index (χ0) is 8.15. The van der Waals surface area contributed by atoms with Gasteiger partial charge in [-0.05, 0) is 20.8 Å². The quantitative estimate of drug-likeness (QED) is 0.434. The van der Waals surface area contributed by atoms with Gasteiger partial charge in [0.05, 0.1) is 6.61 Å². The lowest BCUT2D eigenvalue weighted by atomic mass is 10.1. The highest BCUT2D eigenvalue weighted by molar-refractivity contribution is 5.97. The molecule has 0 fully saturated rings. The average Bonchev–Trinajstić information content (AvgIpc) is 1.87. The van der Waals surface area contributed by atoms with Crippen LogP contribution >= 0.6 is 0 Å². The van der Waals surface area contributed by atoms with Crippen molar-refractivity contribution in [1.29, 1.82) is 0 Å². The third-order valence-electron chi connectivity index (χ3n) is 1.25. The maximum absolute atomic E-state index is 10.7. The molecular formula is C7H12O3. The van der Waals surface area contributed by atoms with Gasteiger partial charge in [0, 0.05) is 0 Å². The summed E-state index contributed by atoms with van der Waals surface area (Å²) in [5.41, 5.74) is 0. The first kappa shape index (κ1) is 9.14. The molecule has 0 aromatic carbocycles. The van der Waals surface area contributed by atoms with Gasteiger partial charge in [-0.2, -0.15) is 0 Å². The number of carbonyl (C=O) groups excluding carboxylic acids is 2. The van der Waals surface area contributed by atoms with Crippen LogP contribution in [0.25, 0.3) is 0 Å². The fourth-order valence-corrected chi connectivity index (χ4v) is 0.433. The summed E-state index contributed by atoms with van der Waals surface area (Å²) >= 11 is 0. The highest BCUT2D eigenvalue weighted by atomic mass is 16.5. The molecule has 10 heavy (non-hydrogen) atoms. The van der Waals surface area contributed by atoms with Crippen LogP contribution in [0, 0.1) is 5.92 Å². The molecule has 3 heteroatoms. The average molecular weight is 144 g/mol. The number of esters is 1. The van der Waals surface area contributed by atoms with E-state index in [1.165, 1.54) is 6.92 Å². The molecule has 0 N–H and O–H groups in total. The first-order valence-electron chi connectivity index (χ1n) is 3.26. The van der Waals surface area contributed by atoms with Gasteiger partial charge in [0.1, 0.15) is 11.7 Å². The van der Waals surface area contributed by atoms with E-state index in [9.17, 15) is 9.59 Å². The van der Waals surface area contributed by atoms with Gasteiger partial charge in [0.2, 0.25) is 0 Å². The Balaban J connectivity index is 3.82. The molecule has 0 aliphatic carbocycles. The van der Waals surface area contributed by atoms with Crippen LogP contribution in [-0.4, -0.2) is 18.4 Å². The highest BCUT2D eigenvalue weighted by Gasteiger charge is 2.17. The smallest absolute Gasteiger partial charge is 0.316 e. The van der Waals surface area contributed by atoms with Crippen LogP contribution in [0.3, 0.4) is 0 Å². The summed E-state index contributed by atoms with van der Waals surface area (Å²) in [6, 6.07) is 0. The second-order valence-electron chi connectivity index (χ2n) is 2.08. The molecule has 0 saturated heterocycles. The standard InChI is InChI=1S/C7H12O3/c1-4-10-7(9)5(2)6(3)8/h5H,4H2,1-3H3/t5-/m1/s1. The first-order chi connectivity index (χ1) is 4.59. The maximum atomic E-state index is 10.7. The van der Waals surface area contributed by atoms with Gasteiger partial charge in [0.15, 0.2) is 0 Å². The van der Waals surface area contributed by atoms with Crippen molar-refractivity contribution >= 4 is 11.8 Å². The van der Waals surface area contributed by atoms with Gasteiger partial charge in [-0.15, -0.1) is 0 Å². The zero-order valence-corrected chi connectivity index (χ0v) is 6.51. The minimum Gasteiger partial charge on any atom is -0.465 e. The van der Waals surface area contributed by atoms with E-state index in [2.05, 4.69) is 4.74 Å². The van der Waals surface area contributed by atoms with Crippen LogP contribution in [-0.2, 0) is 14.3 Å². The summed E-state index contributed by atoms with van der Waals surface area (Å²) in [5, 5.41) is 0. The van der Waals surface area contributed by atoms with E-state index < -0.39 is 11.9 Å². The fraction of sp³-hybridized carbons (Fsp3) is 0.714. The van der Waals surface area contributed by atoms with Gasteiger partial charge < -0.3 is 4.74 Å². The second-order valence-corrected chi connectivity index (χ2v) is 2.08. The molecule has 0 radical (unpaired) electrons. The van der Waals surface area contributed by atoms with Crippen molar-refractivity contribution in [1.82, 2.24) is 0 Å². The molecule has 0 unspecified atom stereocenters. The van der Waals surface area contributed by atoms with Gasteiger partial charge in [-0.1, -0.05) is 0 Å². The molecule has 0 amide bonds. The Morgan fingerprint density at radius 1 is 1.50 bits per heavy atom. The lowest BCUT2D eigenvalue weighted by molar-refractivity contribution is -0.150. The van der Waals surface area contributed by atoms with Crippen molar-refractivity contribution in [2.45, 2.75) is 20.8 Å². The number of rotatable bonds is 3. The summed E-state index contributed by atoms with van der Waals surface area (Å²) in [7, 11) is 0. The predicted octanol–water partition coefficient (Wildman–Crippen LogP) is 0.775. The summed E-state index contributed by atoms with van der Waals surface area (Å²) in [4.78, 5) is 21.3. The Morgan fingerprint density at radius 3 is 2.30 bits per heavy atom. The summed E-state index contributed by atoms with van der Waals surface area (Å²) in [5.74, 6) is -1.20. The molecule has 3 nitrogen and oxygen atoms in total. The van der Waals surface area contributed by atoms with Crippen LogP contribution < -0.4 is 0 Å². The van der Waals surface area contributed by atoms with Crippen LogP contribution in [0.5, 0.6) is 0 Å². The van der Waals surface area contributed by atoms with Crippen LogP contribution in [0.2, 0.25) is 0 Å². The molecule has 0 aliphatic rings. The molecule has 0 aromatic heterocycles. The predicted molar refractivity (Wildman–Crippen MR) is 36.5 cm³/mol. The number of ether oxygens (including phenoxy) is 1. The van der Waals surface area contributed by atoms with Gasteiger partial charge >= 0.3 is 5.97 Å². The van der Waals surface area contributed by atoms with E-state index in [1.54, 1.807) is 13.8 Å². The van der Waals surface area contributed by atoms with Crippen molar-refractivity contribution < 1.29 is 14.3 Å². The normalized spacial score (nSPS) is 12.3. The highest BCUT2D eigenvalue weighted by Crippen LogP contribution is 1.98. The number of Topliss-reactive ketones (excluding diaryl/α,β-unsaturated/α-hetero) is 1. The van der Waals surface area contributed by atoms with E-state index in [1.807, 2.05) is 0 Å². The monoisotopic (exact) mass is 144 g/mol. The van der Waals surface area contributed by atoms with Gasteiger partial charge in [-0.25, -0.2) is 0 Å². The Labute approximate surface area is 60.4 Å². The Bertz CT molecular complexity index is 140. The second kappa shape index (κ2) is 4.04. The van der Waals surface area contributed by atoms with Crippen molar-refractivity contribution in [3.63, 3.8) is 0 Å². The third-order valence-corrected chi connectivity index (χ3v) is 1.25. The Morgan fingerprint density at radius 2 is 2.00 bits per heavy atom. The molecule has 0 saturated carbocycles. The van der Waals surface area contributed by atoms with E-state index in [0.29, 0.717) is 6.61 Å². The first-order valence-corrected chi connectivity index (χ1v) is 3.26. The van der Waals surface area contributed by atoms with Crippen LogP contribution in [0.15, 0.2) is 0 Å². The minimum absolute atomic E-state index is 0.154.